The van der Waals surface area contributed by atoms with Crippen LogP contribution in [0, 0.1) is 0 Å². The van der Waals surface area contributed by atoms with E-state index in [-0.39, 0.29) is 11.3 Å². The third kappa shape index (κ3) is 2.54. The largest absolute Gasteiger partial charge is 0.854 e. The maximum absolute atomic E-state index is 12.3. The third-order valence-corrected chi connectivity index (χ3v) is 5.00. The number of hydrogen-bond donors (Lipinski definition) is 1. The Kier molecular flexibility index (Phi) is 3.49. The Balaban J connectivity index is 1.86. The number of fused-ring (bicyclic) bond motifs is 2. The molecular weight excluding hydrogens is 310 g/mol. The molecule has 0 saturated heterocycles. The molecule has 0 spiro atoms. The molecule has 0 fully saturated rings. The molecule has 4 nitrogen and oxygen atoms in total. The van der Waals surface area contributed by atoms with Crippen LogP contribution in [0.5, 0.6) is 5.88 Å². The Bertz CT molecular complexity index is 1010. The Labute approximate surface area is 147 Å². The molecule has 4 heteroatoms. The second-order valence-electron chi connectivity index (χ2n) is 7.11. The second kappa shape index (κ2) is 5.59. The number of allylic oxidation sites excluding steroid dienone is 2. The lowest BCUT2D eigenvalue weighted by Crippen LogP contribution is -2.31. The van der Waals surface area contributed by atoms with E-state index >= 15 is 0 Å². The fourth-order valence-electron chi connectivity index (χ4n) is 3.48. The van der Waals surface area contributed by atoms with Crippen molar-refractivity contribution in [3.8, 4) is 5.88 Å². The van der Waals surface area contributed by atoms with Crippen LogP contribution in [-0.2, 0) is 18.3 Å². The molecule has 2 aromatic heterocycles. The fraction of sp³-hybridized carbons (Fsp3) is 0.238. The first kappa shape index (κ1) is 15.6. The summed E-state index contributed by atoms with van der Waals surface area (Å²) < 4.78 is 1.90. The van der Waals surface area contributed by atoms with Crippen LogP contribution in [0.15, 0.2) is 49.2 Å². The minimum atomic E-state index is -0.196. The number of aromatic nitrogens is 3. The molecule has 4 rings (SSSR count). The lowest BCUT2D eigenvalue weighted by atomic mass is 9.85. The maximum Gasteiger partial charge on any atom is 0.201 e. The normalized spacial score (nSPS) is 13.4. The lowest BCUT2D eigenvalue weighted by molar-refractivity contribution is -0.577. The van der Waals surface area contributed by atoms with Crippen molar-refractivity contribution in [2.45, 2.75) is 32.1 Å². The van der Waals surface area contributed by atoms with E-state index < -0.39 is 0 Å². The van der Waals surface area contributed by atoms with Gasteiger partial charge >= 0.3 is 0 Å². The minimum Gasteiger partial charge on any atom is -0.854 e. The quantitative estimate of drug-likeness (QED) is 0.590. The lowest BCUT2D eigenvalue weighted by Gasteiger charge is -2.21. The molecule has 1 aromatic carbocycles. The smallest absolute Gasteiger partial charge is 0.201 e. The van der Waals surface area contributed by atoms with Crippen molar-refractivity contribution in [3.05, 3.63) is 71.8 Å². The van der Waals surface area contributed by atoms with Crippen LogP contribution in [0.25, 0.3) is 17.1 Å². The number of nitrogens with one attached hydrogen (secondary N) is 1. The summed E-state index contributed by atoms with van der Waals surface area (Å²) in [6.07, 6.45) is 9.11. The number of para-hydroxylation sites is 1. The molecule has 3 aromatic rings. The first-order valence-electron chi connectivity index (χ1n) is 8.51. The van der Waals surface area contributed by atoms with E-state index in [0.717, 1.165) is 22.6 Å². The van der Waals surface area contributed by atoms with Crippen LogP contribution >= 0.6 is 0 Å². The van der Waals surface area contributed by atoms with Crippen LogP contribution in [0.3, 0.4) is 0 Å². The standard InChI is InChI=1S/C21H21N3O/c1-4-21(2,3)19-16(15-8-5-6-9-17(15)23-19)12-14-13-24-11-7-10-18(24)20(25)22-14/h4-9,11,13,23H,1,10,12H2,2-3H3. The summed E-state index contributed by atoms with van der Waals surface area (Å²) in [5, 5.41) is 13.4. The maximum atomic E-state index is 12.3. The molecule has 0 saturated carbocycles. The van der Waals surface area contributed by atoms with Crippen molar-refractivity contribution >= 4 is 17.1 Å². The molecule has 1 aliphatic rings. The molecule has 0 aliphatic carbocycles. The zero-order chi connectivity index (χ0) is 17.6. The molecule has 25 heavy (non-hydrogen) atoms. The Morgan fingerprint density at radius 1 is 1.36 bits per heavy atom. The van der Waals surface area contributed by atoms with Gasteiger partial charge in [-0.25, -0.2) is 0 Å². The van der Waals surface area contributed by atoms with Gasteiger partial charge in [0.15, 0.2) is 12.4 Å². The SMILES string of the molecule is C=CC(C)(C)c1[nH]c2ccccc2c1Cc1c[n+]2c(c([O-])n1)CC=C2. The number of aromatic amines is 1. The Morgan fingerprint density at radius 2 is 2.16 bits per heavy atom. The number of rotatable bonds is 4. The predicted octanol–water partition coefficient (Wildman–Crippen LogP) is 3.01. The van der Waals surface area contributed by atoms with Gasteiger partial charge in [0, 0.05) is 28.4 Å². The van der Waals surface area contributed by atoms with Crippen molar-refractivity contribution in [2.24, 2.45) is 0 Å². The van der Waals surface area contributed by atoms with E-state index in [0.29, 0.717) is 12.8 Å². The summed E-state index contributed by atoms with van der Waals surface area (Å²) in [5.41, 5.74) is 4.71. The molecule has 0 radical (unpaired) electrons. The van der Waals surface area contributed by atoms with Crippen LogP contribution < -0.4 is 9.67 Å². The van der Waals surface area contributed by atoms with Gasteiger partial charge in [-0.1, -0.05) is 38.1 Å². The molecular formula is C21H21N3O. The summed E-state index contributed by atoms with van der Waals surface area (Å²) in [6, 6.07) is 8.25. The van der Waals surface area contributed by atoms with Crippen molar-refractivity contribution in [1.29, 1.82) is 0 Å². The van der Waals surface area contributed by atoms with E-state index in [9.17, 15) is 5.11 Å². The highest BCUT2D eigenvalue weighted by atomic mass is 16.3. The molecule has 0 unspecified atom stereocenters. The summed E-state index contributed by atoms with van der Waals surface area (Å²) in [4.78, 5) is 7.86. The average molecular weight is 331 g/mol. The highest BCUT2D eigenvalue weighted by Gasteiger charge is 2.25. The topological polar surface area (TPSA) is 55.6 Å². The van der Waals surface area contributed by atoms with E-state index in [4.69, 9.17) is 0 Å². The molecule has 0 bridgehead atoms. The Morgan fingerprint density at radius 3 is 2.96 bits per heavy atom. The van der Waals surface area contributed by atoms with Gasteiger partial charge in [-0.2, -0.15) is 4.57 Å². The minimum absolute atomic E-state index is 0.133. The molecule has 0 amide bonds. The van der Waals surface area contributed by atoms with Gasteiger partial charge in [-0.15, -0.1) is 6.58 Å². The van der Waals surface area contributed by atoms with E-state index in [1.165, 1.54) is 10.9 Å². The fourth-order valence-corrected chi connectivity index (χ4v) is 3.48. The molecule has 3 heterocycles. The van der Waals surface area contributed by atoms with Crippen LogP contribution in [0.4, 0.5) is 0 Å². The van der Waals surface area contributed by atoms with Crippen LogP contribution in [-0.4, -0.2) is 9.97 Å². The highest BCUT2D eigenvalue weighted by Crippen LogP contribution is 2.33. The van der Waals surface area contributed by atoms with Gasteiger partial charge < -0.3 is 10.1 Å². The summed E-state index contributed by atoms with van der Waals surface area (Å²) in [7, 11) is 0. The summed E-state index contributed by atoms with van der Waals surface area (Å²) in [5.74, 6) is -0.133. The summed E-state index contributed by atoms with van der Waals surface area (Å²) >= 11 is 0. The van der Waals surface area contributed by atoms with Gasteiger partial charge in [0.05, 0.1) is 12.3 Å². The number of nitrogens with zero attached hydrogens (tertiary/aromatic N) is 2. The average Bonchev–Trinajstić information content (AvgIpc) is 3.21. The van der Waals surface area contributed by atoms with Crippen LogP contribution in [0.1, 0.15) is 36.5 Å². The van der Waals surface area contributed by atoms with Gasteiger partial charge in [-0.05, 0) is 17.7 Å². The van der Waals surface area contributed by atoms with Crippen molar-refractivity contribution in [3.63, 3.8) is 0 Å². The van der Waals surface area contributed by atoms with Crippen molar-refractivity contribution in [2.75, 3.05) is 0 Å². The zero-order valence-electron chi connectivity index (χ0n) is 14.5. The third-order valence-electron chi connectivity index (χ3n) is 5.00. The zero-order valence-corrected chi connectivity index (χ0v) is 14.5. The highest BCUT2D eigenvalue weighted by molar-refractivity contribution is 5.85. The molecule has 126 valence electrons. The number of benzene rings is 1. The first-order chi connectivity index (χ1) is 12.0. The monoisotopic (exact) mass is 331 g/mol. The first-order valence-corrected chi connectivity index (χ1v) is 8.51. The van der Waals surface area contributed by atoms with Gasteiger partial charge in [0.2, 0.25) is 5.69 Å². The van der Waals surface area contributed by atoms with Crippen molar-refractivity contribution < 1.29 is 9.67 Å². The number of hydrogen-bond acceptors (Lipinski definition) is 2. The predicted molar refractivity (Wildman–Crippen MR) is 97.2 cm³/mol. The van der Waals surface area contributed by atoms with Crippen molar-refractivity contribution in [1.82, 2.24) is 9.97 Å². The molecule has 0 atom stereocenters. The van der Waals surface area contributed by atoms with Crippen LogP contribution in [0.2, 0.25) is 0 Å². The van der Waals surface area contributed by atoms with Gasteiger partial charge in [0.25, 0.3) is 0 Å². The van der Waals surface area contributed by atoms with Gasteiger partial charge in [0.1, 0.15) is 5.69 Å². The Hall–Kier alpha value is -2.88. The molecule has 1 aliphatic heterocycles. The second-order valence-corrected chi connectivity index (χ2v) is 7.11. The summed E-state index contributed by atoms with van der Waals surface area (Å²) in [6.45, 7) is 8.27. The van der Waals surface area contributed by atoms with E-state index in [1.54, 1.807) is 0 Å². The van der Waals surface area contributed by atoms with E-state index in [2.05, 4.69) is 42.5 Å². The van der Waals surface area contributed by atoms with E-state index in [1.807, 2.05) is 41.2 Å². The number of H-pyrrole nitrogens is 1. The molecule has 1 N–H and O–H groups in total. The van der Waals surface area contributed by atoms with Gasteiger partial charge in [-0.3, -0.25) is 4.98 Å².